The van der Waals surface area contributed by atoms with Gasteiger partial charge in [0.05, 0.1) is 31.5 Å². The van der Waals surface area contributed by atoms with E-state index in [4.69, 9.17) is 9.47 Å². The maximum Gasteiger partial charge on any atom is 0.142 e. The van der Waals surface area contributed by atoms with Gasteiger partial charge in [-0.25, -0.2) is 4.98 Å². The Balaban J connectivity index is 1.94. The normalized spacial score (nSPS) is 11.0. The van der Waals surface area contributed by atoms with Crippen LogP contribution >= 0.6 is 0 Å². The highest BCUT2D eigenvalue weighted by atomic mass is 16.5. The molecule has 5 nitrogen and oxygen atoms in total. The van der Waals surface area contributed by atoms with E-state index in [1.165, 1.54) is 0 Å². The van der Waals surface area contributed by atoms with Gasteiger partial charge in [0.2, 0.25) is 0 Å². The van der Waals surface area contributed by atoms with Gasteiger partial charge in [0, 0.05) is 6.20 Å². The molecule has 4 aromatic rings. The number of pyridine rings is 1. The second-order valence-corrected chi connectivity index (χ2v) is 5.24. The Bertz CT molecular complexity index is 975. The zero-order chi connectivity index (χ0) is 15.8. The summed E-state index contributed by atoms with van der Waals surface area (Å²) in [7, 11) is 3.32. The summed E-state index contributed by atoms with van der Waals surface area (Å²) in [6.07, 6.45) is 3.49. The molecule has 0 unspecified atom stereocenters. The average Bonchev–Trinajstić information content (AvgIpc) is 3.03. The van der Waals surface area contributed by atoms with Crippen LogP contribution in [-0.4, -0.2) is 29.2 Å². The van der Waals surface area contributed by atoms with E-state index in [1.54, 1.807) is 26.6 Å². The van der Waals surface area contributed by atoms with Gasteiger partial charge in [-0.3, -0.25) is 4.98 Å². The lowest BCUT2D eigenvalue weighted by atomic mass is 10.0. The van der Waals surface area contributed by atoms with Crippen molar-refractivity contribution in [3.05, 3.63) is 48.8 Å². The second kappa shape index (κ2) is 5.28. The van der Waals surface area contributed by atoms with Gasteiger partial charge in [0.25, 0.3) is 0 Å². The monoisotopic (exact) mass is 305 g/mol. The molecular formula is C18H15N3O2. The predicted molar refractivity (Wildman–Crippen MR) is 89.9 cm³/mol. The number of nitrogens with one attached hydrogen (secondary N) is 1. The Labute approximate surface area is 132 Å². The molecule has 2 aromatic carbocycles. The molecule has 0 amide bonds. The van der Waals surface area contributed by atoms with E-state index in [0.717, 1.165) is 44.7 Å². The molecular weight excluding hydrogens is 290 g/mol. The van der Waals surface area contributed by atoms with Gasteiger partial charge >= 0.3 is 0 Å². The van der Waals surface area contributed by atoms with Crippen LogP contribution in [0.1, 0.15) is 0 Å². The number of nitrogens with zero attached hydrogens (tertiary/aromatic N) is 2. The first kappa shape index (κ1) is 13.6. The highest BCUT2D eigenvalue weighted by Crippen LogP contribution is 2.34. The second-order valence-electron chi connectivity index (χ2n) is 5.24. The number of rotatable bonds is 3. The van der Waals surface area contributed by atoms with E-state index in [0.29, 0.717) is 0 Å². The van der Waals surface area contributed by atoms with Crippen molar-refractivity contribution < 1.29 is 9.47 Å². The summed E-state index contributed by atoms with van der Waals surface area (Å²) in [5.74, 6) is 2.35. The molecule has 0 spiro atoms. The van der Waals surface area contributed by atoms with Gasteiger partial charge < -0.3 is 14.5 Å². The zero-order valence-corrected chi connectivity index (χ0v) is 12.8. The molecule has 4 rings (SSSR count). The summed E-state index contributed by atoms with van der Waals surface area (Å²) in [5.41, 5.74) is 2.70. The van der Waals surface area contributed by atoms with E-state index in [9.17, 15) is 0 Å². The Hall–Kier alpha value is -3.08. The van der Waals surface area contributed by atoms with Crippen LogP contribution in [0, 0.1) is 0 Å². The largest absolute Gasteiger partial charge is 0.497 e. The van der Waals surface area contributed by atoms with Crippen molar-refractivity contribution in [2.45, 2.75) is 0 Å². The number of aromatic amines is 1. The fourth-order valence-corrected chi connectivity index (χ4v) is 2.72. The van der Waals surface area contributed by atoms with Crippen LogP contribution in [0.2, 0.25) is 0 Å². The zero-order valence-electron chi connectivity index (χ0n) is 12.8. The van der Waals surface area contributed by atoms with Gasteiger partial charge in [-0.1, -0.05) is 6.07 Å². The van der Waals surface area contributed by atoms with Crippen LogP contribution < -0.4 is 9.47 Å². The van der Waals surface area contributed by atoms with Crippen LogP contribution in [0.3, 0.4) is 0 Å². The maximum atomic E-state index is 5.56. The van der Waals surface area contributed by atoms with Gasteiger partial charge in [0.15, 0.2) is 0 Å². The van der Waals surface area contributed by atoms with Crippen LogP contribution in [0.25, 0.3) is 33.2 Å². The topological polar surface area (TPSA) is 60.0 Å². The van der Waals surface area contributed by atoms with E-state index in [2.05, 4.69) is 21.0 Å². The molecule has 0 saturated carbocycles. The van der Waals surface area contributed by atoms with Crippen molar-refractivity contribution >= 4 is 21.8 Å². The number of fused-ring (bicyclic) bond motifs is 2. The Morgan fingerprint density at radius 3 is 2.65 bits per heavy atom. The number of aromatic nitrogens is 3. The van der Waals surface area contributed by atoms with Crippen molar-refractivity contribution in [1.82, 2.24) is 15.0 Å². The van der Waals surface area contributed by atoms with Crippen molar-refractivity contribution in [3.8, 4) is 22.9 Å². The summed E-state index contributed by atoms with van der Waals surface area (Å²) in [5, 5.41) is 2.16. The SMILES string of the molecule is COc1ccc2cc(-c3nc4cnccc4[nH]3)c(OC)cc2c1. The van der Waals surface area contributed by atoms with Crippen LogP contribution in [0.4, 0.5) is 0 Å². The van der Waals surface area contributed by atoms with Gasteiger partial charge in [-0.05, 0) is 41.1 Å². The standard InChI is InChI=1S/C18H15N3O2/c1-22-13-4-3-11-8-14(17(23-2)9-12(11)7-13)18-20-15-5-6-19-10-16(15)21-18/h3-10H,1-2H3,(H,20,21). The fourth-order valence-electron chi connectivity index (χ4n) is 2.72. The average molecular weight is 305 g/mol. The molecule has 1 N–H and O–H groups in total. The van der Waals surface area contributed by atoms with E-state index < -0.39 is 0 Å². The molecule has 114 valence electrons. The Kier molecular flexibility index (Phi) is 3.12. The lowest BCUT2D eigenvalue weighted by Crippen LogP contribution is -1.91. The fraction of sp³-hybridized carbons (Fsp3) is 0.111. The number of hydrogen-bond acceptors (Lipinski definition) is 4. The molecule has 2 aromatic heterocycles. The first-order valence-corrected chi connectivity index (χ1v) is 7.24. The minimum atomic E-state index is 0.762. The van der Waals surface area contributed by atoms with E-state index >= 15 is 0 Å². The van der Waals surface area contributed by atoms with Crippen LogP contribution in [0.15, 0.2) is 48.8 Å². The quantitative estimate of drug-likeness (QED) is 0.625. The Morgan fingerprint density at radius 2 is 1.87 bits per heavy atom. The number of hydrogen-bond donors (Lipinski definition) is 1. The number of imidazole rings is 1. The molecule has 0 bridgehead atoms. The number of benzene rings is 2. The van der Waals surface area contributed by atoms with Crippen LogP contribution in [-0.2, 0) is 0 Å². The smallest absolute Gasteiger partial charge is 0.142 e. The highest BCUT2D eigenvalue weighted by Gasteiger charge is 2.12. The maximum absolute atomic E-state index is 5.56. The summed E-state index contributed by atoms with van der Waals surface area (Å²) < 4.78 is 10.8. The first-order valence-electron chi connectivity index (χ1n) is 7.24. The third-order valence-electron chi connectivity index (χ3n) is 3.91. The van der Waals surface area contributed by atoms with Gasteiger partial charge in [-0.2, -0.15) is 0 Å². The molecule has 0 fully saturated rings. The number of ether oxygens (including phenoxy) is 2. The third kappa shape index (κ3) is 2.26. The van der Waals surface area contributed by atoms with Crippen molar-refractivity contribution in [2.24, 2.45) is 0 Å². The molecule has 23 heavy (non-hydrogen) atoms. The molecule has 0 saturated heterocycles. The third-order valence-corrected chi connectivity index (χ3v) is 3.91. The predicted octanol–water partition coefficient (Wildman–Crippen LogP) is 3.80. The number of methoxy groups -OCH3 is 2. The molecule has 0 aliphatic rings. The van der Waals surface area contributed by atoms with Crippen molar-refractivity contribution in [1.29, 1.82) is 0 Å². The Morgan fingerprint density at radius 1 is 0.957 bits per heavy atom. The molecule has 0 aliphatic heterocycles. The summed E-state index contributed by atoms with van der Waals surface area (Å²) in [6, 6.07) is 11.9. The molecule has 5 heteroatoms. The minimum Gasteiger partial charge on any atom is -0.497 e. The summed E-state index contributed by atoms with van der Waals surface area (Å²) in [4.78, 5) is 12.0. The van der Waals surface area contributed by atoms with Gasteiger partial charge in [-0.15, -0.1) is 0 Å². The molecule has 0 aliphatic carbocycles. The van der Waals surface area contributed by atoms with Crippen molar-refractivity contribution in [3.63, 3.8) is 0 Å². The summed E-state index contributed by atoms with van der Waals surface area (Å²) >= 11 is 0. The highest BCUT2D eigenvalue weighted by molar-refractivity contribution is 5.91. The van der Waals surface area contributed by atoms with E-state index in [1.807, 2.05) is 30.3 Å². The first-order chi connectivity index (χ1) is 11.3. The molecule has 0 atom stereocenters. The van der Waals surface area contributed by atoms with Gasteiger partial charge in [0.1, 0.15) is 22.8 Å². The minimum absolute atomic E-state index is 0.762. The van der Waals surface area contributed by atoms with Crippen LogP contribution in [0.5, 0.6) is 11.5 Å². The molecule has 2 heterocycles. The summed E-state index contributed by atoms with van der Waals surface area (Å²) in [6.45, 7) is 0. The molecule has 0 radical (unpaired) electrons. The lowest BCUT2D eigenvalue weighted by molar-refractivity contribution is 0.414. The van der Waals surface area contributed by atoms with Crippen molar-refractivity contribution in [2.75, 3.05) is 14.2 Å². The lowest BCUT2D eigenvalue weighted by Gasteiger charge is -2.09. The number of H-pyrrole nitrogens is 1. The van der Waals surface area contributed by atoms with E-state index in [-0.39, 0.29) is 0 Å².